The van der Waals surface area contributed by atoms with Crippen molar-refractivity contribution in [2.75, 3.05) is 5.32 Å². The van der Waals surface area contributed by atoms with Crippen molar-refractivity contribution in [1.29, 1.82) is 0 Å². The molecule has 0 heterocycles. The second-order valence-electron chi connectivity index (χ2n) is 3.86. The van der Waals surface area contributed by atoms with Gasteiger partial charge < -0.3 is 10.4 Å². The molecular formula is C13H7Br3ClNO2. The molecule has 0 atom stereocenters. The number of phenols is 1. The molecule has 0 saturated heterocycles. The summed E-state index contributed by atoms with van der Waals surface area (Å²) in [5, 5.41) is 12.3. The number of amides is 1. The van der Waals surface area contributed by atoms with Crippen LogP contribution in [-0.4, -0.2) is 11.0 Å². The number of carbonyl (C=O) groups is 1. The van der Waals surface area contributed by atoms with Crippen LogP contribution in [-0.2, 0) is 0 Å². The third-order valence-corrected chi connectivity index (χ3v) is 4.47. The van der Waals surface area contributed by atoms with E-state index >= 15 is 0 Å². The van der Waals surface area contributed by atoms with Crippen molar-refractivity contribution >= 4 is 71.0 Å². The van der Waals surface area contributed by atoms with Gasteiger partial charge in [0.1, 0.15) is 5.75 Å². The Labute approximate surface area is 145 Å². The highest BCUT2D eigenvalue weighted by Gasteiger charge is 2.13. The van der Waals surface area contributed by atoms with E-state index in [-0.39, 0.29) is 16.7 Å². The molecule has 0 aliphatic carbocycles. The molecule has 7 heteroatoms. The first-order chi connectivity index (χ1) is 9.38. The highest BCUT2D eigenvalue weighted by molar-refractivity contribution is 9.11. The van der Waals surface area contributed by atoms with E-state index in [9.17, 15) is 9.90 Å². The molecule has 0 fully saturated rings. The van der Waals surface area contributed by atoms with Crippen LogP contribution in [0.3, 0.4) is 0 Å². The molecule has 20 heavy (non-hydrogen) atoms. The molecule has 0 saturated carbocycles. The van der Waals surface area contributed by atoms with Gasteiger partial charge in [0.2, 0.25) is 0 Å². The third kappa shape index (κ3) is 3.55. The van der Waals surface area contributed by atoms with Gasteiger partial charge in [-0.05, 0) is 62.2 Å². The number of hydrogen-bond acceptors (Lipinski definition) is 2. The van der Waals surface area contributed by atoms with E-state index in [1.54, 1.807) is 0 Å². The summed E-state index contributed by atoms with van der Waals surface area (Å²) in [4.78, 5) is 12.2. The van der Waals surface area contributed by atoms with E-state index < -0.39 is 0 Å². The van der Waals surface area contributed by atoms with E-state index in [0.717, 1.165) is 13.4 Å². The molecular weight excluding hydrogens is 477 g/mol. The van der Waals surface area contributed by atoms with E-state index in [1.165, 1.54) is 18.2 Å². The van der Waals surface area contributed by atoms with Crippen LogP contribution in [0.2, 0.25) is 5.02 Å². The summed E-state index contributed by atoms with van der Waals surface area (Å²) in [6.07, 6.45) is 0. The van der Waals surface area contributed by atoms with Crippen molar-refractivity contribution in [1.82, 2.24) is 0 Å². The number of rotatable bonds is 2. The lowest BCUT2D eigenvalue weighted by atomic mass is 10.2. The molecule has 2 aromatic rings. The number of hydrogen-bond donors (Lipinski definition) is 2. The number of benzene rings is 2. The first kappa shape index (κ1) is 15.8. The average Bonchev–Trinajstić information content (AvgIpc) is 2.36. The van der Waals surface area contributed by atoms with Crippen LogP contribution in [0.1, 0.15) is 10.4 Å². The van der Waals surface area contributed by atoms with Crippen molar-refractivity contribution in [3.63, 3.8) is 0 Å². The number of nitrogens with one attached hydrogen (secondary N) is 1. The molecule has 0 aliphatic rings. The zero-order chi connectivity index (χ0) is 14.9. The minimum absolute atomic E-state index is 0.0609. The van der Waals surface area contributed by atoms with Gasteiger partial charge >= 0.3 is 0 Å². The predicted octanol–water partition coefficient (Wildman–Crippen LogP) is 5.59. The van der Waals surface area contributed by atoms with Gasteiger partial charge in [-0.1, -0.05) is 27.5 Å². The Morgan fingerprint density at radius 2 is 1.70 bits per heavy atom. The van der Waals surface area contributed by atoms with Gasteiger partial charge in [0.25, 0.3) is 5.91 Å². The van der Waals surface area contributed by atoms with Gasteiger partial charge in [0.05, 0.1) is 10.7 Å². The normalized spacial score (nSPS) is 10.4. The molecule has 0 spiro atoms. The SMILES string of the molecule is O=C(Nc1c(Br)cc(Br)cc1Br)c1ccc(O)c(Cl)c1. The predicted molar refractivity (Wildman–Crippen MR) is 90.6 cm³/mol. The number of aromatic hydroxyl groups is 1. The van der Waals surface area contributed by atoms with E-state index in [2.05, 4.69) is 53.1 Å². The molecule has 0 aliphatic heterocycles. The summed E-state index contributed by atoms with van der Waals surface area (Å²) in [5.74, 6) is -0.384. The summed E-state index contributed by atoms with van der Waals surface area (Å²) in [6, 6.07) is 7.93. The van der Waals surface area contributed by atoms with Gasteiger partial charge in [0.15, 0.2) is 0 Å². The standard InChI is InChI=1S/C13H7Br3ClNO2/c14-7-4-8(15)12(9(16)5-7)18-13(20)6-1-2-11(19)10(17)3-6/h1-5,19H,(H,18,20). The molecule has 2 rings (SSSR count). The summed E-state index contributed by atoms with van der Waals surface area (Å²) >= 11 is 15.9. The van der Waals surface area contributed by atoms with Crippen molar-refractivity contribution in [3.8, 4) is 5.75 Å². The first-order valence-electron chi connectivity index (χ1n) is 5.33. The molecule has 3 nitrogen and oxygen atoms in total. The maximum absolute atomic E-state index is 12.2. The Balaban J connectivity index is 2.30. The van der Waals surface area contributed by atoms with Crippen LogP contribution in [0.25, 0.3) is 0 Å². The molecule has 0 radical (unpaired) electrons. The number of anilines is 1. The number of phenolic OH excluding ortho intramolecular Hbond substituents is 1. The Morgan fingerprint density at radius 3 is 2.25 bits per heavy atom. The molecule has 0 unspecified atom stereocenters. The van der Waals surface area contributed by atoms with Gasteiger partial charge in [-0.3, -0.25) is 4.79 Å². The second-order valence-corrected chi connectivity index (χ2v) is 6.90. The molecule has 2 N–H and O–H groups in total. The Hall–Kier alpha value is -0.560. The number of halogens is 4. The topological polar surface area (TPSA) is 49.3 Å². The van der Waals surface area contributed by atoms with Crippen molar-refractivity contribution in [2.45, 2.75) is 0 Å². The van der Waals surface area contributed by atoms with Gasteiger partial charge in [-0.2, -0.15) is 0 Å². The van der Waals surface area contributed by atoms with Crippen LogP contribution in [0, 0.1) is 0 Å². The van der Waals surface area contributed by atoms with Crippen LogP contribution in [0.5, 0.6) is 5.75 Å². The Morgan fingerprint density at radius 1 is 1.10 bits per heavy atom. The maximum atomic E-state index is 12.2. The zero-order valence-corrected chi connectivity index (χ0v) is 15.3. The number of carbonyl (C=O) groups excluding carboxylic acids is 1. The van der Waals surface area contributed by atoms with Crippen molar-refractivity contribution < 1.29 is 9.90 Å². The minimum Gasteiger partial charge on any atom is -0.506 e. The molecule has 0 aromatic heterocycles. The quantitative estimate of drug-likeness (QED) is 0.585. The lowest BCUT2D eigenvalue weighted by molar-refractivity contribution is 0.102. The van der Waals surface area contributed by atoms with Crippen LogP contribution in [0.4, 0.5) is 5.69 Å². The third-order valence-electron chi connectivity index (χ3n) is 2.46. The second kappa shape index (κ2) is 6.47. The van der Waals surface area contributed by atoms with E-state index in [4.69, 9.17) is 11.6 Å². The van der Waals surface area contributed by atoms with Gasteiger partial charge in [-0.15, -0.1) is 0 Å². The average molecular weight is 484 g/mol. The lowest BCUT2D eigenvalue weighted by Crippen LogP contribution is -2.12. The highest BCUT2D eigenvalue weighted by atomic mass is 79.9. The summed E-state index contributed by atoms with van der Waals surface area (Å²) in [7, 11) is 0. The van der Waals surface area contributed by atoms with Gasteiger partial charge in [0, 0.05) is 19.0 Å². The fourth-order valence-electron chi connectivity index (χ4n) is 1.50. The van der Waals surface area contributed by atoms with Crippen LogP contribution >= 0.6 is 59.4 Å². The lowest BCUT2D eigenvalue weighted by Gasteiger charge is -2.11. The Kier molecular flexibility index (Phi) is 5.12. The zero-order valence-electron chi connectivity index (χ0n) is 9.75. The van der Waals surface area contributed by atoms with Crippen LogP contribution < -0.4 is 5.32 Å². The van der Waals surface area contributed by atoms with E-state index in [1.807, 2.05) is 12.1 Å². The summed E-state index contributed by atoms with van der Waals surface area (Å²) in [6.45, 7) is 0. The Bertz CT molecular complexity index is 668. The first-order valence-corrected chi connectivity index (χ1v) is 8.08. The van der Waals surface area contributed by atoms with E-state index in [0.29, 0.717) is 11.3 Å². The van der Waals surface area contributed by atoms with Gasteiger partial charge in [-0.25, -0.2) is 0 Å². The molecule has 1 amide bonds. The monoisotopic (exact) mass is 481 g/mol. The summed E-state index contributed by atoms with van der Waals surface area (Å²) in [5.41, 5.74) is 0.969. The highest BCUT2D eigenvalue weighted by Crippen LogP contribution is 2.35. The molecule has 104 valence electrons. The van der Waals surface area contributed by atoms with Crippen molar-refractivity contribution in [2.24, 2.45) is 0 Å². The summed E-state index contributed by atoms with van der Waals surface area (Å²) < 4.78 is 2.34. The smallest absolute Gasteiger partial charge is 0.255 e. The minimum atomic E-state index is -0.323. The fourth-order valence-corrected chi connectivity index (χ4v) is 4.13. The van der Waals surface area contributed by atoms with Crippen molar-refractivity contribution in [3.05, 3.63) is 54.3 Å². The largest absolute Gasteiger partial charge is 0.506 e. The molecule has 2 aromatic carbocycles. The maximum Gasteiger partial charge on any atom is 0.255 e. The van der Waals surface area contributed by atoms with Crippen LogP contribution in [0.15, 0.2) is 43.7 Å². The fraction of sp³-hybridized carbons (Fsp3) is 0. The molecule has 0 bridgehead atoms.